The highest BCUT2D eigenvalue weighted by molar-refractivity contribution is 6.37. The second kappa shape index (κ2) is 7.55. The number of benzene rings is 1. The third-order valence-corrected chi connectivity index (χ3v) is 3.51. The molecule has 2 rings (SSSR count). The first-order valence-electron chi connectivity index (χ1n) is 7.54. The Morgan fingerprint density at radius 3 is 2.42 bits per heavy atom. The molecule has 0 fully saturated rings. The van der Waals surface area contributed by atoms with Gasteiger partial charge in [-0.15, -0.1) is 0 Å². The Hall–Kier alpha value is -2.95. The number of hydrogen-bond donors (Lipinski definition) is 1. The van der Waals surface area contributed by atoms with Gasteiger partial charge in [-0.2, -0.15) is 0 Å². The van der Waals surface area contributed by atoms with Crippen molar-refractivity contribution in [2.24, 2.45) is 0 Å². The van der Waals surface area contributed by atoms with Crippen molar-refractivity contribution in [3.05, 3.63) is 65.0 Å². The zero-order valence-corrected chi connectivity index (χ0v) is 13.7. The van der Waals surface area contributed by atoms with Crippen LogP contribution in [0.3, 0.4) is 0 Å². The number of carbonyl (C=O) groups excluding carboxylic acids is 2. The number of Topliss-reactive ketones (excluding diaryl/α,β-unsaturated/α-hetero) is 1. The Balaban J connectivity index is 2.10. The van der Waals surface area contributed by atoms with Crippen LogP contribution in [0.15, 0.2) is 42.6 Å². The molecule has 1 aromatic heterocycles. The van der Waals surface area contributed by atoms with Crippen LogP contribution < -0.4 is 0 Å². The molecule has 0 saturated heterocycles. The summed E-state index contributed by atoms with van der Waals surface area (Å²) in [6, 6.07) is 10.0. The van der Waals surface area contributed by atoms with Crippen molar-refractivity contribution in [3.8, 4) is 0 Å². The smallest absolute Gasteiger partial charge is 0.372 e. The molecular formula is C19H19NO4. The van der Waals surface area contributed by atoms with Gasteiger partial charge < -0.3 is 9.67 Å². The molecule has 1 N–H and O–H groups in total. The van der Waals surface area contributed by atoms with Gasteiger partial charge in [-0.25, -0.2) is 4.79 Å². The van der Waals surface area contributed by atoms with Crippen molar-refractivity contribution in [2.45, 2.75) is 26.8 Å². The number of carbonyl (C=O) groups is 3. The van der Waals surface area contributed by atoms with Crippen molar-refractivity contribution in [1.29, 1.82) is 0 Å². The van der Waals surface area contributed by atoms with Gasteiger partial charge in [0.25, 0.3) is 0 Å². The summed E-state index contributed by atoms with van der Waals surface area (Å²) in [6.45, 7) is 4.76. The maximum Gasteiger partial charge on any atom is 0.372 e. The lowest BCUT2D eigenvalue weighted by atomic mass is 10.1. The van der Waals surface area contributed by atoms with Crippen molar-refractivity contribution in [1.82, 2.24) is 4.57 Å². The monoisotopic (exact) mass is 325 g/mol. The largest absolute Gasteiger partial charge is 0.475 e. The van der Waals surface area contributed by atoms with E-state index in [1.165, 1.54) is 17.2 Å². The molecular weight excluding hydrogens is 306 g/mol. The zero-order valence-electron chi connectivity index (χ0n) is 13.7. The van der Waals surface area contributed by atoms with Crippen LogP contribution in [0.25, 0.3) is 6.08 Å². The Labute approximate surface area is 140 Å². The molecule has 0 radical (unpaired) electrons. The number of ketones is 2. The first-order chi connectivity index (χ1) is 11.3. The molecule has 0 spiro atoms. The minimum absolute atomic E-state index is 0.526. The summed E-state index contributed by atoms with van der Waals surface area (Å²) < 4.78 is 1.98. The number of nitrogens with zero attached hydrogens (tertiary/aromatic N) is 1. The van der Waals surface area contributed by atoms with E-state index in [4.69, 9.17) is 5.11 Å². The average Bonchev–Trinajstić information content (AvgIpc) is 2.91. The molecule has 124 valence electrons. The van der Waals surface area contributed by atoms with E-state index in [1.54, 1.807) is 6.08 Å². The van der Waals surface area contributed by atoms with E-state index in [1.807, 2.05) is 36.7 Å². The minimum atomic E-state index is -1.59. The van der Waals surface area contributed by atoms with E-state index in [9.17, 15) is 14.4 Å². The maximum atomic E-state index is 11.6. The van der Waals surface area contributed by atoms with Crippen LogP contribution in [0.1, 0.15) is 28.8 Å². The highest BCUT2D eigenvalue weighted by atomic mass is 16.4. The van der Waals surface area contributed by atoms with Crippen LogP contribution in [0.2, 0.25) is 0 Å². The summed E-state index contributed by atoms with van der Waals surface area (Å²) >= 11 is 0. The van der Waals surface area contributed by atoms with Crippen molar-refractivity contribution in [3.63, 3.8) is 0 Å². The number of aliphatic carboxylic acids is 1. The van der Waals surface area contributed by atoms with Crippen LogP contribution in [0.4, 0.5) is 0 Å². The highest BCUT2D eigenvalue weighted by Crippen LogP contribution is 2.13. The fourth-order valence-electron chi connectivity index (χ4n) is 2.55. The summed E-state index contributed by atoms with van der Waals surface area (Å²) in [6.07, 6.45) is 4.13. The Morgan fingerprint density at radius 1 is 1.12 bits per heavy atom. The van der Waals surface area contributed by atoms with Crippen LogP contribution in [0.5, 0.6) is 0 Å². The molecule has 24 heavy (non-hydrogen) atoms. The van der Waals surface area contributed by atoms with Crippen LogP contribution >= 0.6 is 0 Å². The van der Waals surface area contributed by atoms with E-state index < -0.39 is 24.0 Å². The van der Waals surface area contributed by atoms with Gasteiger partial charge in [0.1, 0.15) is 0 Å². The normalized spacial score (nSPS) is 10.9. The van der Waals surface area contributed by atoms with Crippen LogP contribution in [-0.4, -0.2) is 27.2 Å². The summed E-state index contributed by atoms with van der Waals surface area (Å²) in [4.78, 5) is 33.1. The van der Waals surface area contributed by atoms with Crippen molar-refractivity contribution in [2.75, 3.05) is 0 Å². The summed E-state index contributed by atoms with van der Waals surface area (Å²) in [5, 5.41) is 8.51. The number of carboxylic acid groups (broad SMARTS) is 1. The molecule has 0 aliphatic rings. The van der Waals surface area contributed by atoms with Gasteiger partial charge in [0.15, 0.2) is 5.78 Å². The van der Waals surface area contributed by atoms with Gasteiger partial charge in [0, 0.05) is 18.4 Å². The fraction of sp³-hybridized carbons (Fsp3) is 0.211. The standard InChI is InChI=1S/C19H19NO4/c1-13-8-14(2)10-15(9-13)12-20-7-3-4-16(20)5-6-17(21)11-18(22)19(23)24/h3-10H,11-12H2,1-2H3,(H,23,24)/b6-5+. The summed E-state index contributed by atoms with van der Waals surface area (Å²) in [5.41, 5.74) is 4.35. The van der Waals surface area contributed by atoms with E-state index in [2.05, 4.69) is 18.2 Å². The Kier molecular flexibility index (Phi) is 5.47. The quantitative estimate of drug-likeness (QED) is 0.482. The predicted octanol–water partition coefficient (Wildman–Crippen LogP) is 2.78. The van der Waals surface area contributed by atoms with Gasteiger partial charge in [0.05, 0.1) is 6.42 Å². The topological polar surface area (TPSA) is 76.4 Å². The molecule has 1 aromatic carbocycles. The van der Waals surface area contributed by atoms with Gasteiger partial charge in [-0.3, -0.25) is 9.59 Å². The molecule has 0 unspecified atom stereocenters. The molecule has 0 amide bonds. The molecule has 1 heterocycles. The van der Waals surface area contributed by atoms with Crippen molar-refractivity contribution >= 4 is 23.6 Å². The molecule has 0 aliphatic carbocycles. The first kappa shape index (κ1) is 17.4. The molecule has 0 aliphatic heterocycles. The number of hydrogen-bond acceptors (Lipinski definition) is 3. The molecule has 2 aromatic rings. The van der Waals surface area contributed by atoms with Gasteiger partial charge in [0.2, 0.25) is 5.78 Å². The summed E-state index contributed by atoms with van der Waals surface area (Å²) in [5.74, 6) is -3.22. The predicted molar refractivity (Wildman–Crippen MR) is 90.8 cm³/mol. The Bertz CT molecular complexity index is 794. The Morgan fingerprint density at radius 2 is 1.79 bits per heavy atom. The third-order valence-electron chi connectivity index (χ3n) is 3.51. The summed E-state index contributed by atoms with van der Waals surface area (Å²) in [7, 11) is 0. The molecule has 0 saturated carbocycles. The van der Waals surface area contributed by atoms with E-state index in [0.29, 0.717) is 6.54 Å². The molecule has 0 atom stereocenters. The third kappa shape index (κ3) is 4.78. The van der Waals surface area contributed by atoms with Crippen molar-refractivity contribution < 1.29 is 19.5 Å². The van der Waals surface area contributed by atoms with E-state index in [-0.39, 0.29) is 0 Å². The second-order valence-electron chi connectivity index (χ2n) is 5.76. The number of aromatic nitrogens is 1. The van der Waals surface area contributed by atoms with Crippen LogP contribution in [-0.2, 0) is 20.9 Å². The van der Waals surface area contributed by atoms with Gasteiger partial charge >= 0.3 is 5.97 Å². The lowest BCUT2D eigenvalue weighted by Gasteiger charge is -2.09. The SMILES string of the molecule is Cc1cc(C)cc(Cn2cccc2/C=C/C(=O)CC(=O)C(=O)O)c1. The van der Waals surface area contributed by atoms with Crippen LogP contribution in [0, 0.1) is 13.8 Å². The van der Waals surface area contributed by atoms with Gasteiger partial charge in [-0.1, -0.05) is 29.3 Å². The molecule has 5 nitrogen and oxygen atoms in total. The highest BCUT2D eigenvalue weighted by Gasteiger charge is 2.14. The fourth-order valence-corrected chi connectivity index (χ4v) is 2.55. The molecule has 5 heteroatoms. The number of carboxylic acids is 1. The zero-order chi connectivity index (χ0) is 17.7. The second-order valence-corrected chi connectivity index (χ2v) is 5.76. The van der Waals surface area contributed by atoms with E-state index >= 15 is 0 Å². The average molecular weight is 325 g/mol. The minimum Gasteiger partial charge on any atom is -0.475 e. The maximum absolute atomic E-state index is 11.6. The van der Waals surface area contributed by atoms with Gasteiger partial charge in [-0.05, 0) is 43.7 Å². The lowest BCUT2D eigenvalue weighted by Crippen LogP contribution is -2.15. The number of rotatable bonds is 7. The molecule has 0 bridgehead atoms. The first-order valence-corrected chi connectivity index (χ1v) is 7.54. The number of aryl methyl sites for hydroxylation is 2. The number of allylic oxidation sites excluding steroid dienone is 1. The lowest BCUT2D eigenvalue weighted by molar-refractivity contribution is -0.149. The van der Waals surface area contributed by atoms with E-state index in [0.717, 1.165) is 11.3 Å².